The zero-order chi connectivity index (χ0) is 35.3. The number of allylic oxidation sites excluding steroid dienone is 11. The van der Waals surface area contributed by atoms with E-state index in [2.05, 4.69) is 178 Å². The maximum atomic E-state index is 2.47. The Bertz CT molecular complexity index is 2430. The van der Waals surface area contributed by atoms with Crippen LogP contribution in [0.15, 0.2) is 168 Å². The summed E-state index contributed by atoms with van der Waals surface area (Å²) in [6.45, 7) is 9.12. The maximum absolute atomic E-state index is 2.47. The summed E-state index contributed by atoms with van der Waals surface area (Å²) >= 11 is 0. The molecule has 5 aromatic rings. The SMILES string of the molecule is C\C1=C/C=C\C=C\C(c2cccc(CC3=C(c4cccc(-c5cc(C)cc(N6c7ccccc76)c5C)c4C)c4ccccc4C3)c2)C2=C1CCC=C2. The second-order valence-corrected chi connectivity index (χ2v) is 15.0. The summed E-state index contributed by atoms with van der Waals surface area (Å²) in [7, 11) is 0. The lowest BCUT2D eigenvalue weighted by atomic mass is 9.81. The second-order valence-electron chi connectivity index (χ2n) is 15.0. The van der Waals surface area contributed by atoms with Gasteiger partial charge in [0.25, 0.3) is 0 Å². The van der Waals surface area contributed by atoms with Gasteiger partial charge in [0, 0.05) is 5.92 Å². The molecule has 0 N–H and O–H groups in total. The summed E-state index contributed by atoms with van der Waals surface area (Å²) in [5.74, 6) is 0.230. The molecule has 1 heterocycles. The number of aryl methyl sites for hydroxylation is 1. The Morgan fingerprint density at radius 3 is 2.29 bits per heavy atom. The third kappa shape index (κ3) is 5.66. The van der Waals surface area contributed by atoms with Crippen LogP contribution in [0, 0.1) is 20.8 Å². The van der Waals surface area contributed by atoms with E-state index >= 15 is 0 Å². The van der Waals surface area contributed by atoms with Crippen LogP contribution in [0.2, 0.25) is 0 Å². The van der Waals surface area contributed by atoms with E-state index in [1.165, 1.54) is 101 Å². The van der Waals surface area contributed by atoms with E-state index < -0.39 is 0 Å². The third-order valence-electron chi connectivity index (χ3n) is 11.6. The predicted octanol–water partition coefficient (Wildman–Crippen LogP) is 13.5. The Hall–Kier alpha value is -5.66. The van der Waals surface area contributed by atoms with E-state index in [0.717, 1.165) is 25.7 Å². The van der Waals surface area contributed by atoms with Crippen molar-refractivity contribution in [1.82, 2.24) is 0 Å². The van der Waals surface area contributed by atoms with Crippen molar-refractivity contribution >= 4 is 22.6 Å². The van der Waals surface area contributed by atoms with Crippen molar-refractivity contribution in [2.24, 2.45) is 0 Å². The zero-order valence-electron chi connectivity index (χ0n) is 30.7. The molecular formula is C51H45N. The second kappa shape index (κ2) is 13.1. The number of nitrogens with zero attached hydrogens (tertiary/aromatic N) is 1. The van der Waals surface area contributed by atoms with Crippen molar-refractivity contribution < 1.29 is 0 Å². The molecule has 254 valence electrons. The number of rotatable bonds is 6. The molecule has 1 nitrogen and oxygen atoms in total. The Balaban J connectivity index is 1.12. The zero-order valence-corrected chi connectivity index (χ0v) is 30.7. The molecule has 9 rings (SSSR count). The molecule has 1 atom stereocenters. The number of hydrogen-bond donors (Lipinski definition) is 0. The number of benzene rings is 5. The molecular weight excluding hydrogens is 627 g/mol. The van der Waals surface area contributed by atoms with Gasteiger partial charge in [0.05, 0.1) is 17.1 Å². The average molecular weight is 672 g/mol. The van der Waals surface area contributed by atoms with Gasteiger partial charge < -0.3 is 4.90 Å². The smallest absolute Gasteiger partial charge is 0.0703 e. The molecule has 0 saturated heterocycles. The summed E-state index contributed by atoms with van der Waals surface area (Å²) in [4.78, 5) is 2.40. The van der Waals surface area contributed by atoms with Gasteiger partial charge in [-0.3, -0.25) is 0 Å². The van der Waals surface area contributed by atoms with Crippen LogP contribution in [0.5, 0.6) is 0 Å². The number of para-hydroxylation sites is 2. The van der Waals surface area contributed by atoms with Crippen LogP contribution in [-0.4, -0.2) is 0 Å². The highest BCUT2D eigenvalue weighted by Crippen LogP contribution is 2.55. The molecule has 1 heteroatoms. The van der Waals surface area contributed by atoms with E-state index in [4.69, 9.17) is 0 Å². The van der Waals surface area contributed by atoms with Gasteiger partial charge in [-0.1, -0.05) is 133 Å². The van der Waals surface area contributed by atoms with Gasteiger partial charge in [0.15, 0.2) is 0 Å². The van der Waals surface area contributed by atoms with Gasteiger partial charge in [0.2, 0.25) is 0 Å². The van der Waals surface area contributed by atoms with Crippen molar-refractivity contribution in [3.63, 3.8) is 0 Å². The van der Waals surface area contributed by atoms with E-state index in [0.29, 0.717) is 0 Å². The first-order valence-electron chi connectivity index (χ1n) is 18.9. The fraction of sp³-hybridized carbons (Fsp3) is 0.176. The van der Waals surface area contributed by atoms with Crippen LogP contribution >= 0.6 is 0 Å². The number of hydrogen-bond acceptors (Lipinski definition) is 1. The van der Waals surface area contributed by atoms with Gasteiger partial charge in [-0.25, -0.2) is 0 Å². The van der Waals surface area contributed by atoms with Crippen LogP contribution in [-0.2, 0) is 12.8 Å². The molecule has 0 fully saturated rings. The Kier molecular flexibility index (Phi) is 8.16. The first kappa shape index (κ1) is 32.3. The lowest BCUT2D eigenvalue weighted by Crippen LogP contribution is -2.06. The van der Waals surface area contributed by atoms with E-state index in [9.17, 15) is 0 Å². The van der Waals surface area contributed by atoms with E-state index in [1.54, 1.807) is 0 Å². The highest BCUT2D eigenvalue weighted by Gasteiger charge is 2.32. The maximum Gasteiger partial charge on any atom is 0.0703 e. The van der Waals surface area contributed by atoms with Crippen molar-refractivity contribution in [3.8, 4) is 11.1 Å². The van der Waals surface area contributed by atoms with Crippen LogP contribution in [0.25, 0.3) is 16.7 Å². The minimum Gasteiger partial charge on any atom is -0.306 e. The molecule has 1 unspecified atom stereocenters. The normalized spacial score (nSPS) is 19.6. The number of fused-ring (bicyclic) bond motifs is 2. The van der Waals surface area contributed by atoms with E-state index in [-0.39, 0.29) is 5.92 Å². The average Bonchev–Trinajstić information content (AvgIpc) is 3.76. The predicted molar refractivity (Wildman–Crippen MR) is 221 cm³/mol. The lowest BCUT2D eigenvalue weighted by molar-refractivity contribution is 0.892. The molecule has 0 bridgehead atoms. The molecule has 52 heavy (non-hydrogen) atoms. The quantitative estimate of drug-likeness (QED) is 0.159. The van der Waals surface area contributed by atoms with Crippen LogP contribution in [0.1, 0.15) is 70.2 Å². The van der Waals surface area contributed by atoms with Gasteiger partial charge in [0.1, 0.15) is 0 Å². The van der Waals surface area contributed by atoms with Crippen LogP contribution in [0.4, 0.5) is 17.1 Å². The Morgan fingerprint density at radius 1 is 0.654 bits per heavy atom. The van der Waals surface area contributed by atoms with Crippen molar-refractivity contribution in [2.45, 2.75) is 59.3 Å². The Labute approximate surface area is 309 Å². The molecule has 3 aliphatic carbocycles. The molecule has 0 spiro atoms. The number of anilines is 3. The highest BCUT2D eigenvalue weighted by molar-refractivity contribution is 6.02. The topological polar surface area (TPSA) is 3.01 Å². The molecule has 0 amide bonds. The van der Waals surface area contributed by atoms with Gasteiger partial charge in [-0.15, -0.1) is 0 Å². The van der Waals surface area contributed by atoms with Crippen LogP contribution < -0.4 is 4.90 Å². The summed E-state index contributed by atoms with van der Waals surface area (Å²) in [5.41, 5.74) is 24.6. The summed E-state index contributed by atoms with van der Waals surface area (Å²) < 4.78 is 0. The Morgan fingerprint density at radius 2 is 1.42 bits per heavy atom. The van der Waals surface area contributed by atoms with Gasteiger partial charge in [-0.2, -0.15) is 0 Å². The van der Waals surface area contributed by atoms with Crippen LogP contribution in [0.3, 0.4) is 0 Å². The highest BCUT2D eigenvalue weighted by atomic mass is 15.3. The summed E-state index contributed by atoms with van der Waals surface area (Å²) in [6, 6.07) is 38.8. The molecule has 4 aliphatic rings. The fourth-order valence-corrected chi connectivity index (χ4v) is 9.00. The largest absolute Gasteiger partial charge is 0.306 e. The van der Waals surface area contributed by atoms with Crippen molar-refractivity contribution in [2.75, 3.05) is 4.90 Å². The summed E-state index contributed by atoms with van der Waals surface area (Å²) in [5, 5.41) is 0. The fourth-order valence-electron chi connectivity index (χ4n) is 9.00. The molecule has 0 saturated carbocycles. The molecule has 0 aromatic heterocycles. The van der Waals surface area contributed by atoms with Crippen molar-refractivity contribution in [3.05, 3.63) is 212 Å². The van der Waals surface area contributed by atoms with Gasteiger partial charge >= 0.3 is 0 Å². The molecule has 0 radical (unpaired) electrons. The standard InChI is InChI=1S/C51H45N/c1-33-28-47(36(4)50(29-33)52-48-26-12-13-27-49(48)52)42-24-15-25-43(35(42)3)51-40(32-39-18-8-9-22-45(39)51)31-37-17-14-19-38(30-37)44-21-7-5-6-16-34(2)41-20-10-11-23-46(41)44/h5-9,11-19,21-30,44H,10,20,31-32H2,1-4H3/b6-5-,21-7+,34-16+. The minimum absolute atomic E-state index is 0.230. The monoisotopic (exact) mass is 671 g/mol. The molecule has 1 aliphatic heterocycles. The summed E-state index contributed by atoms with van der Waals surface area (Å²) in [6.07, 6.45) is 20.1. The lowest BCUT2D eigenvalue weighted by Gasteiger charge is -2.23. The minimum atomic E-state index is 0.230. The first-order valence-corrected chi connectivity index (χ1v) is 18.9. The van der Waals surface area contributed by atoms with Crippen molar-refractivity contribution in [1.29, 1.82) is 0 Å². The van der Waals surface area contributed by atoms with Gasteiger partial charge in [-0.05, 0) is 150 Å². The third-order valence-corrected chi connectivity index (χ3v) is 11.6. The van der Waals surface area contributed by atoms with E-state index in [1.807, 2.05) is 0 Å². The first-order chi connectivity index (χ1) is 25.5. The molecule has 5 aromatic carbocycles.